The fourth-order valence-corrected chi connectivity index (χ4v) is 4.66. The summed E-state index contributed by atoms with van der Waals surface area (Å²) in [6.07, 6.45) is 3.47. The highest BCUT2D eigenvalue weighted by atomic mass is 32.2. The Balaban J connectivity index is 1.71. The van der Waals surface area contributed by atoms with Crippen molar-refractivity contribution in [2.75, 3.05) is 39.4 Å². The van der Waals surface area contributed by atoms with E-state index in [9.17, 15) is 13.2 Å². The third kappa shape index (κ3) is 5.23. The van der Waals surface area contributed by atoms with Gasteiger partial charge in [-0.05, 0) is 42.5 Å². The van der Waals surface area contributed by atoms with Crippen LogP contribution in [-0.2, 0) is 14.8 Å². The summed E-state index contributed by atoms with van der Waals surface area (Å²) in [5.41, 5.74) is 1.25. The monoisotopic (exact) mass is 476 g/mol. The molecule has 0 aliphatic carbocycles. The van der Waals surface area contributed by atoms with E-state index in [2.05, 4.69) is 10.3 Å². The zero-order chi connectivity index (χ0) is 23.3. The first-order chi connectivity index (χ1) is 15.3. The third-order valence-corrected chi connectivity index (χ3v) is 7.30. The van der Waals surface area contributed by atoms with Gasteiger partial charge in [0.15, 0.2) is 5.16 Å². The van der Waals surface area contributed by atoms with Gasteiger partial charge in [-0.1, -0.05) is 11.8 Å². The molecule has 1 heterocycles. The van der Waals surface area contributed by atoms with Crippen LogP contribution in [0, 0.1) is 0 Å². The molecule has 0 atom stereocenters. The van der Waals surface area contributed by atoms with Gasteiger partial charge in [-0.2, -0.15) is 0 Å². The number of carbonyl (C=O) groups is 1. The Morgan fingerprint density at radius 2 is 1.84 bits per heavy atom. The molecule has 32 heavy (non-hydrogen) atoms. The maximum Gasteiger partial charge on any atom is 0.246 e. The number of amides is 1. The maximum absolute atomic E-state index is 12.6. The molecule has 0 spiro atoms. The van der Waals surface area contributed by atoms with Crippen LogP contribution in [0.4, 0.5) is 5.69 Å². The number of sulfonamides is 1. The summed E-state index contributed by atoms with van der Waals surface area (Å²) in [5.74, 6) is 0.748. The van der Waals surface area contributed by atoms with Crippen molar-refractivity contribution in [3.8, 4) is 17.2 Å². The molecule has 0 aliphatic rings. The number of rotatable bonds is 9. The van der Waals surface area contributed by atoms with Gasteiger partial charge in [0.05, 0.1) is 20.0 Å². The van der Waals surface area contributed by atoms with Crippen LogP contribution in [0.5, 0.6) is 11.5 Å². The Labute approximate surface area is 191 Å². The van der Waals surface area contributed by atoms with Gasteiger partial charge in [-0.25, -0.2) is 17.7 Å². The molecule has 3 aromatic rings. The number of anilines is 1. The Kier molecular flexibility index (Phi) is 7.44. The molecule has 0 bridgehead atoms. The van der Waals surface area contributed by atoms with Crippen LogP contribution in [0.2, 0.25) is 0 Å². The highest BCUT2D eigenvalue weighted by molar-refractivity contribution is 7.99. The summed E-state index contributed by atoms with van der Waals surface area (Å²) in [5, 5.41) is 3.38. The van der Waals surface area contributed by atoms with E-state index in [0.29, 0.717) is 10.8 Å². The van der Waals surface area contributed by atoms with Gasteiger partial charge in [0.25, 0.3) is 0 Å². The van der Waals surface area contributed by atoms with Crippen LogP contribution in [0.15, 0.2) is 64.9 Å². The second-order valence-electron chi connectivity index (χ2n) is 6.77. The van der Waals surface area contributed by atoms with Gasteiger partial charge in [0.2, 0.25) is 15.9 Å². The lowest BCUT2D eigenvalue weighted by Crippen LogP contribution is -2.23. The van der Waals surface area contributed by atoms with Gasteiger partial charge in [0, 0.05) is 37.9 Å². The minimum absolute atomic E-state index is 0.0227. The summed E-state index contributed by atoms with van der Waals surface area (Å²) in [7, 11) is 2.12. The Morgan fingerprint density at radius 1 is 1.12 bits per heavy atom. The fraction of sp³-hybridized carbons (Fsp3) is 0.238. The summed E-state index contributed by atoms with van der Waals surface area (Å²) < 4.78 is 38.4. The number of ether oxygens (including phenoxy) is 2. The van der Waals surface area contributed by atoms with Gasteiger partial charge in [0.1, 0.15) is 16.4 Å². The van der Waals surface area contributed by atoms with E-state index >= 15 is 0 Å². The highest BCUT2D eigenvalue weighted by Gasteiger charge is 2.23. The lowest BCUT2D eigenvalue weighted by atomic mass is 10.3. The minimum Gasteiger partial charge on any atom is -0.497 e. The van der Waals surface area contributed by atoms with Crippen molar-refractivity contribution in [3.05, 3.63) is 54.9 Å². The Bertz CT molecular complexity index is 1190. The van der Waals surface area contributed by atoms with Gasteiger partial charge in [-0.15, -0.1) is 0 Å². The average molecular weight is 477 g/mol. The number of nitrogens with zero attached hydrogens (tertiary/aromatic N) is 3. The predicted octanol–water partition coefficient (Wildman–Crippen LogP) is 2.87. The van der Waals surface area contributed by atoms with Crippen LogP contribution < -0.4 is 14.8 Å². The van der Waals surface area contributed by atoms with E-state index in [0.717, 1.165) is 15.7 Å². The zero-order valence-electron chi connectivity index (χ0n) is 18.1. The molecule has 3 rings (SSSR count). The first-order valence-electron chi connectivity index (χ1n) is 9.47. The number of methoxy groups -OCH3 is 2. The molecule has 1 N–H and O–H groups in total. The molecule has 0 fully saturated rings. The number of nitrogens with one attached hydrogen (secondary N) is 1. The fourth-order valence-electron chi connectivity index (χ4n) is 2.82. The molecule has 0 unspecified atom stereocenters. The van der Waals surface area contributed by atoms with Gasteiger partial charge >= 0.3 is 0 Å². The molecule has 0 aliphatic heterocycles. The van der Waals surface area contributed by atoms with Crippen LogP contribution in [0.25, 0.3) is 5.69 Å². The van der Waals surface area contributed by atoms with E-state index in [-0.39, 0.29) is 22.3 Å². The van der Waals surface area contributed by atoms with E-state index in [1.54, 1.807) is 19.4 Å². The normalized spacial score (nSPS) is 11.4. The molecule has 2 aromatic carbocycles. The number of hydrogen-bond acceptors (Lipinski definition) is 7. The average Bonchev–Trinajstić information content (AvgIpc) is 3.26. The number of carbonyl (C=O) groups excluding carboxylic acids is 1. The molecule has 1 amide bonds. The van der Waals surface area contributed by atoms with E-state index < -0.39 is 10.0 Å². The minimum atomic E-state index is -3.74. The summed E-state index contributed by atoms with van der Waals surface area (Å²) in [4.78, 5) is 16.8. The number of thioether (sulfide) groups is 1. The number of aromatic nitrogens is 2. The molecule has 9 nitrogen and oxygen atoms in total. The van der Waals surface area contributed by atoms with Crippen molar-refractivity contribution < 1.29 is 22.7 Å². The number of imidazole rings is 1. The SMILES string of the molecule is COc1ccc(-n2ccnc2SCC(=O)Nc2ccc(OC)c(S(=O)(=O)N(C)C)c2)cc1. The molecule has 11 heteroatoms. The van der Waals surface area contributed by atoms with Crippen LogP contribution in [0.1, 0.15) is 0 Å². The summed E-state index contributed by atoms with van der Waals surface area (Å²) >= 11 is 1.27. The van der Waals surface area contributed by atoms with Gasteiger partial charge in [-0.3, -0.25) is 9.36 Å². The van der Waals surface area contributed by atoms with Crippen LogP contribution in [0.3, 0.4) is 0 Å². The summed E-state index contributed by atoms with van der Waals surface area (Å²) in [6.45, 7) is 0. The molecule has 0 saturated carbocycles. The van der Waals surface area contributed by atoms with Crippen molar-refractivity contribution in [1.29, 1.82) is 0 Å². The second kappa shape index (κ2) is 10.1. The molecular weight excluding hydrogens is 452 g/mol. The largest absolute Gasteiger partial charge is 0.497 e. The first-order valence-corrected chi connectivity index (χ1v) is 11.9. The number of hydrogen-bond donors (Lipinski definition) is 1. The molecule has 0 saturated heterocycles. The van der Waals surface area contributed by atoms with Crippen molar-refractivity contribution in [2.45, 2.75) is 10.1 Å². The maximum atomic E-state index is 12.6. The van der Waals surface area contributed by atoms with Crippen molar-refractivity contribution in [1.82, 2.24) is 13.9 Å². The van der Waals surface area contributed by atoms with E-state index in [1.807, 2.05) is 35.0 Å². The lowest BCUT2D eigenvalue weighted by molar-refractivity contribution is -0.113. The topological polar surface area (TPSA) is 103 Å². The molecule has 0 radical (unpaired) electrons. The van der Waals surface area contributed by atoms with Crippen molar-refractivity contribution >= 4 is 33.4 Å². The van der Waals surface area contributed by atoms with Crippen LogP contribution in [-0.4, -0.2) is 62.2 Å². The lowest BCUT2D eigenvalue weighted by Gasteiger charge is -2.16. The molecule has 1 aromatic heterocycles. The standard InChI is InChI=1S/C21H24N4O5S2/c1-24(2)32(27,28)19-13-15(5-10-18(19)30-4)23-20(26)14-31-21-22-11-12-25(21)16-6-8-17(29-3)9-7-16/h5-13H,14H2,1-4H3,(H,23,26). The van der Waals surface area contributed by atoms with Crippen LogP contribution >= 0.6 is 11.8 Å². The van der Waals surface area contributed by atoms with E-state index in [4.69, 9.17) is 9.47 Å². The van der Waals surface area contributed by atoms with Gasteiger partial charge < -0.3 is 14.8 Å². The molecular formula is C21H24N4O5S2. The first kappa shape index (κ1) is 23.6. The molecule has 170 valence electrons. The quantitative estimate of drug-likeness (QED) is 0.474. The second-order valence-corrected chi connectivity index (χ2v) is 9.83. The van der Waals surface area contributed by atoms with Crippen molar-refractivity contribution in [3.63, 3.8) is 0 Å². The third-order valence-electron chi connectivity index (χ3n) is 4.50. The Hall–Kier alpha value is -3.02. The Morgan fingerprint density at radius 3 is 2.47 bits per heavy atom. The summed E-state index contributed by atoms with van der Waals surface area (Å²) in [6, 6.07) is 12.0. The zero-order valence-corrected chi connectivity index (χ0v) is 19.7. The highest BCUT2D eigenvalue weighted by Crippen LogP contribution is 2.29. The van der Waals surface area contributed by atoms with Crippen molar-refractivity contribution in [2.24, 2.45) is 0 Å². The predicted molar refractivity (Wildman–Crippen MR) is 123 cm³/mol. The van der Waals surface area contributed by atoms with E-state index in [1.165, 1.54) is 45.1 Å². The smallest absolute Gasteiger partial charge is 0.246 e. The number of benzene rings is 2.